The van der Waals surface area contributed by atoms with Gasteiger partial charge in [0.1, 0.15) is 17.4 Å². The van der Waals surface area contributed by atoms with Gasteiger partial charge in [0, 0.05) is 56.1 Å². The van der Waals surface area contributed by atoms with Crippen LogP contribution in [-0.2, 0) is 9.59 Å². The van der Waals surface area contributed by atoms with E-state index >= 15 is 0 Å². The molecule has 180 valence electrons. The molecule has 2 aromatic carbocycles. The predicted octanol–water partition coefficient (Wildman–Crippen LogP) is 1.91. The number of carbonyl (C=O) groups excluding carboxylic acids is 4. The number of fused-ring (bicyclic) bond motifs is 2. The first-order chi connectivity index (χ1) is 16.8. The number of benzene rings is 2. The highest BCUT2D eigenvalue weighted by Gasteiger charge is 2.46. The highest BCUT2D eigenvalue weighted by molar-refractivity contribution is 6.23. The smallest absolute Gasteiger partial charge is 0.262 e. The molecule has 2 fully saturated rings. The minimum Gasteiger partial charge on any atom is -0.487 e. The van der Waals surface area contributed by atoms with Crippen molar-refractivity contribution in [2.45, 2.75) is 49.8 Å². The van der Waals surface area contributed by atoms with Crippen molar-refractivity contribution in [3.8, 4) is 5.75 Å². The van der Waals surface area contributed by atoms with Gasteiger partial charge >= 0.3 is 0 Å². The summed E-state index contributed by atoms with van der Waals surface area (Å²) in [5, 5.41) is 2.22. The van der Waals surface area contributed by atoms with Gasteiger partial charge in [-0.1, -0.05) is 18.2 Å². The van der Waals surface area contributed by atoms with Crippen LogP contribution in [-0.4, -0.2) is 53.3 Å². The van der Waals surface area contributed by atoms with Crippen LogP contribution in [0.2, 0.25) is 0 Å². The molecule has 4 aliphatic heterocycles. The minimum atomic E-state index is -0.964. The maximum atomic E-state index is 13.2. The van der Waals surface area contributed by atoms with E-state index in [1.54, 1.807) is 12.1 Å². The molecular weight excluding hydrogens is 448 g/mol. The molecule has 2 aromatic rings. The van der Waals surface area contributed by atoms with Crippen molar-refractivity contribution in [1.82, 2.24) is 10.2 Å². The van der Waals surface area contributed by atoms with E-state index < -0.39 is 23.8 Å². The Labute approximate surface area is 202 Å². The van der Waals surface area contributed by atoms with Gasteiger partial charge in [0.2, 0.25) is 11.8 Å². The van der Waals surface area contributed by atoms with Gasteiger partial charge in [0.25, 0.3) is 11.8 Å². The number of piperidine rings is 2. The molecule has 0 radical (unpaired) electrons. The van der Waals surface area contributed by atoms with Crippen LogP contribution in [0.3, 0.4) is 0 Å². The van der Waals surface area contributed by atoms with E-state index in [4.69, 9.17) is 10.5 Å². The standard InChI is InChI=1S/C26H26N4O5/c27-19-14-26(35-21-4-2-1-3-17(19)21)9-11-29(12-10-26)15-5-6-16-18(13-15)25(34)30(24(16)33)20-7-8-22(31)28-23(20)32/h1-6,13,19-20H,7-12,14,27H2,(H,28,31,32). The summed E-state index contributed by atoms with van der Waals surface area (Å²) >= 11 is 0. The molecule has 1 spiro atoms. The van der Waals surface area contributed by atoms with Gasteiger partial charge in [-0.2, -0.15) is 0 Å². The molecule has 2 saturated heterocycles. The van der Waals surface area contributed by atoms with Crippen molar-refractivity contribution < 1.29 is 23.9 Å². The largest absolute Gasteiger partial charge is 0.487 e. The third-order valence-electron chi connectivity index (χ3n) is 7.70. The number of hydrogen-bond donors (Lipinski definition) is 2. The summed E-state index contributed by atoms with van der Waals surface area (Å²) in [4.78, 5) is 53.1. The summed E-state index contributed by atoms with van der Waals surface area (Å²) in [7, 11) is 0. The third kappa shape index (κ3) is 3.49. The van der Waals surface area contributed by atoms with Crippen molar-refractivity contribution in [3.63, 3.8) is 0 Å². The van der Waals surface area contributed by atoms with Crippen LogP contribution in [0.25, 0.3) is 0 Å². The predicted molar refractivity (Wildman–Crippen MR) is 126 cm³/mol. The Morgan fingerprint density at radius 3 is 2.49 bits per heavy atom. The molecule has 6 rings (SSSR count). The molecule has 0 bridgehead atoms. The van der Waals surface area contributed by atoms with E-state index in [9.17, 15) is 19.2 Å². The maximum Gasteiger partial charge on any atom is 0.262 e. The van der Waals surface area contributed by atoms with E-state index in [1.807, 2.05) is 30.3 Å². The number of amides is 4. The molecular formula is C26H26N4O5. The zero-order chi connectivity index (χ0) is 24.3. The lowest BCUT2D eigenvalue weighted by molar-refractivity contribution is -0.136. The second kappa shape index (κ2) is 7.91. The number of nitrogens with zero attached hydrogens (tertiary/aromatic N) is 2. The Balaban J connectivity index is 1.19. The van der Waals surface area contributed by atoms with Gasteiger partial charge in [0.05, 0.1) is 11.1 Å². The number of imide groups is 2. The van der Waals surface area contributed by atoms with Crippen LogP contribution in [0.1, 0.15) is 64.4 Å². The van der Waals surface area contributed by atoms with E-state index in [0.29, 0.717) is 5.56 Å². The molecule has 2 unspecified atom stereocenters. The summed E-state index contributed by atoms with van der Waals surface area (Å²) < 4.78 is 6.45. The van der Waals surface area contributed by atoms with Crippen molar-refractivity contribution >= 4 is 29.3 Å². The molecule has 3 N–H and O–H groups in total. The van der Waals surface area contributed by atoms with E-state index in [-0.39, 0.29) is 36.0 Å². The topological polar surface area (TPSA) is 122 Å². The van der Waals surface area contributed by atoms with Gasteiger partial charge < -0.3 is 15.4 Å². The zero-order valence-corrected chi connectivity index (χ0v) is 19.2. The minimum absolute atomic E-state index is 0.0617. The molecule has 4 amide bonds. The van der Waals surface area contributed by atoms with Crippen LogP contribution < -0.4 is 20.7 Å². The van der Waals surface area contributed by atoms with Crippen molar-refractivity contribution in [2.75, 3.05) is 18.0 Å². The van der Waals surface area contributed by atoms with Crippen molar-refractivity contribution in [1.29, 1.82) is 0 Å². The van der Waals surface area contributed by atoms with Crippen LogP contribution >= 0.6 is 0 Å². The first kappa shape index (κ1) is 21.8. The Bertz CT molecular complexity index is 1270. The third-order valence-corrected chi connectivity index (χ3v) is 7.70. The lowest BCUT2D eigenvalue weighted by atomic mass is 9.81. The van der Waals surface area contributed by atoms with Gasteiger partial charge in [-0.15, -0.1) is 0 Å². The number of ether oxygens (including phenoxy) is 1. The average Bonchev–Trinajstić information content (AvgIpc) is 3.09. The van der Waals surface area contributed by atoms with E-state index in [2.05, 4.69) is 10.2 Å². The SMILES string of the molecule is NC1CC2(CCN(c3ccc4c(c3)C(=O)N(C3CCC(=O)NC3=O)C4=O)CC2)Oc2ccccc21. The molecule has 4 heterocycles. The summed E-state index contributed by atoms with van der Waals surface area (Å²) in [6.45, 7) is 1.46. The zero-order valence-electron chi connectivity index (χ0n) is 19.2. The molecule has 0 aliphatic carbocycles. The fourth-order valence-corrected chi connectivity index (χ4v) is 5.80. The Kier molecular flexibility index (Phi) is 4.93. The Morgan fingerprint density at radius 2 is 1.71 bits per heavy atom. The lowest BCUT2D eigenvalue weighted by Gasteiger charge is -2.46. The average molecular weight is 475 g/mol. The van der Waals surface area contributed by atoms with Crippen molar-refractivity contribution in [3.05, 3.63) is 59.2 Å². The molecule has 4 aliphatic rings. The summed E-state index contributed by atoms with van der Waals surface area (Å²) in [6.07, 6.45) is 2.59. The molecule has 0 saturated carbocycles. The number of nitrogens with one attached hydrogen (secondary N) is 1. The second-order valence-electron chi connectivity index (χ2n) is 9.80. The van der Waals surface area contributed by atoms with Crippen LogP contribution in [0.15, 0.2) is 42.5 Å². The molecule has 0 aromatic heterocycles. The number of para-hydroxylation sites is 1. The number of hydrogen-bond acceptors (Lipinski definition) is 7. The van der Waals surface area contributed by atoms with Gasteiger partial charge in [-0.3, -0.25) is 29.4 Å². The van der Waals surface area contributed by atoms with Gasteiger partial charge in [-0.25, -0.2) is 0 Å². The first-order valence-electron chi connectivity index (χ1n) is 12.0. The number of rotatable bonds is 2. The summed E-state index contributed by atoms with van der Waals surface area (Å²) in [6, 6.07) is 12.1. The van der Waals surface area contributed by atoms with Gasteiger partial charge in [0.15, 0.2) is 0 Å². The molecule has 35 heavy (non-hydrogen) atoms. The Morgan fingerprint density at radius 1 is 0.971 bits per heavy atom. The van der Waals surface area contributed by atoms with Crippen LogP contribution in [0.4, 0.5) is 5.69 Å². The lowest BCUT2D eigenvalue weighted by Crippen LogP contribution is -2.54. The molecule has 9 nitrogen and oxygen atoms in total. The second-order valence-corrected chi connectivity index (χ2v) is 9.80. The van der Waals surface area contributed by atoms with Crippen LogP contribution in [0, 0.1) is 0 Å². The normalized spacial score (nSPS) is 25.3. The number of carbonyl (C=O) groups is 4. The quantitative estimate of drug-likeness (QED) is 0.638. The number of anilines is 1. The van der Waals surface area contributed by atoms with E-state index in [0.717, 1.165) is 54.3 Å². The summed E-state index contributed by atoms with van der Waals surface area (Å²) in [5.41, 5.74) is 8.63. The fraction of sp³-hybridized carbons (Fsp3) is 0.385. The molecule has 9 heteroatoms. The monoisotopic (exact) mass is 474 g/mol. The fourth-order valence-electron chi connectivity index (χ4n) is 5.80. The molecule has 2 atom stereocenters. The van der Waals surface area contributed by atoms with E-state index in [1.165, 1.54) is 0 Å². The maximum absolute atomic E-state index is 13.2. The van der Waals surface area contributed by atoms with Crippen molar-refractivity contribution in [2.24, 2.45) is 5.73 Å². The highest BCUT2D eigenvalue weighted by Crippen LogP contribution is 2.44. The highest BCUT2D eigenvalue weighted by atomic mass is 16.5. The first-order valence-corrected chi connectivity index (χ1v) is 12.0. The Hall–Kier alpha value is -3.72. The van der Waals surface area contributed by atoms with Crippen LogP contribution in [0.5, 0.6) is 5.75 Å². The summed E-state index contributed by atoms with van der Waals surface area (Å²) in [5.74, 6) is -1.13. The number of nitrogens with two attached hydrogens (primary N) is 1. The van der Waals surface area contributed by atoms with Gasteiger partial charge in [-0.05, 0) is 30.7 Å².